The van der Waals surface area contributed by atoms with Gasteiger partial charge in [0.15, 0.2) is 0 Å². The smallest absolute Gasteiger partial charge is 0.120 e. The van der Waals surface area contributed by atoms with Gasteiger partial charge in [0.25, 0.3) is 0 Å². The van der Waals surface area contributed by atoms with Crippen LogP contribution in [0.3, 0.4) is 0 Å². The number of aromatic nitrogens is 1. The highest BCUT2D eigenvalue weighted by Gasteiger charge is 2.11. The monoisotopic (exact) mass is 268 g/mol. The number of aryl methyl sites for hydroxylation is 1. The van der Waals surface area contributed by atoms with Crippen LogP contribution in [0.5, 0.6) is 5.75 Å². The van der Waals surface area contributed by atoms with Crippen molar-refractivity contribution in [3.8, 4) is 5.75 Å². The minimum Gasteiger partial charge on any atom is -0.508 e. The summed E-state index contributed by atoms with van der Waals surface area (Å²) in [5.74, 6) is 0.391. The van der Waals surface area contributed by atoms with E-state index in [0.29, 0.717) is 5.75 Å². The third-order valence-electron chi connectivity index (χ3n) is 3.80. The van der Waals surface area contributed by atoms with E-state index in [1.165, 1.54) is 10.8 Å². The van der Waals surface area contributed by atoms with Crippen molar-refractivity contribution in [3.63, 3.8) is 0 Å². The Bertz CT molecular complexity index is 743. The van der Waals surface area contributed by atoms with Gasteiger partial charge in [-0.15, -0.1) is 0 Å². The molecule has 104 valence electrons. The van der Waals surface area contributed by atoms with Gasteiger partial charge in [-0.2, -0.15) is 0 Å². The van der Waals surface area contributed by atoms with Crippen LogP contribution in [0.2, 0.25) is 0 Å². The van der Waals surface area contributed by atoms with E-state index in [-0.39, 0.29) is 0 Å². The number of aromatic amines is 1. The van der Waals surface area contributed by atoms with Crippen LogP contribution in [-0.4, -0.2) is 35.6 Å². The molecule has 0 unspecified atom stereocenters. The van der Waals surface area contributed by atoms with Crippen LogP contribution in [0.1, 0.15) is 12.0 Å². The average molecular weight is 268 g/mol. The molecule has 0 amide bonds. The lowest BCUT2D eigenvalue weighted by molar-refractivity contribution is 0.398. The Morgan fingerprint density at radius 1 is 1.05 bits per heavy atom. The standard InChI is InChI=1S/C17H20N2O/c1-19(2)11-5-7-14-16(20)10-9-13-12-6-3-4-8-15(12)18-17(13)14/h3-4,6,8-10,18,20H,5,7,11H2,1-2H3. The third kappa shape index (κ3) is 2.25. The van der Waals surface area contributed by atoms with Crippen LogP contribution in [0.25, 0.3) is 21.8 Å². The molecular formula is C17H20N2O. The predicted molar refractivity (Wildman–Crippen MR) is 84.3 cm³/mol. The largest absolute Gasteiger partial charge is 0.508 e. The molecule has 0 spiro atoms. The number of H-pyrrole nitrogens is 1. The normalized spacial score (nSPS) is 11.8. The second-order valence-corrected chi connectivity index (χ2v) is 5.56. The van der Waals surface area contributed by atoms with Gasteiger partial charge in [0.1, 0.15) is 5.75 Å². The first-order valence-electron chi connectivity index (χ1n) is 7.03. The Morgan fingerprint density at radius 2 is 1.85 bits per heavy atom. The number of fused-ring (bicyclic) bond motifs is 3. The molecule has 0 aliphatic heterocycles. The van der Waals surface area contributed by atoms with Crippen molar-refractivity contribution in [2.45, 2.75) is 12.8 Å². The van der Waals surface area contributed by atoms with Crippen molar-refractivity contribution in [1.29, 1.82) is 0 Å². The number of hydrogen-bond donors (Lipinski definition) is 2. The number of phenolic OH excluding ortho intramolecular Hbond substituents is 1. The number of para-hydroxylation sites is 1. The number of hydrogen-bond acceptors (Lipinski definition) is 2. The molecule has 3 nitrogen and oxygen atoms in total. The first kappa shape index (κ1) is 13.0. The highest BCUT2D eigenvalue weighted by Crippen LogP contribution is 2.32. The number of rotatable bonds is 4. The lowest BCUT2D eigenvalue weighted by Crippen LogP contribution is -2.13. The molecule has 2 aromatic carbocycles. The van der Waals surface area contributed by atoms with E-state index in [1.807, 2.05) is 24.3 Å². The molecule has 3 aromatic rings. The van der Waals surface area contributed by atoms with Gasteiger partial charge in [0, 0.05) is 21.9 Å². The third-order valence-corrected chi connectivity index (χ3v) is 3.80. The van der Waals surface area contributed by atoms with E-state index < -0.39 is 0 Å². The lowest BCUT2D eigenvalue weighted by atomic mass is 10.0. The van der Waals surface area contributed by atoms with Gasteiger partial charge < -0.3 is 15.0 Å². The summed E-state index contributed by atoms with van der Waals surface area (Å²) in [5, 5.41) is 12.6. The molecule has 3 rings (SSSR count). The quantitative estimate of drug-likeness (QED) is 0.760. The van der Waals surface area contributed by atoms with E-state index in [1.54, 1.807) is 0 Å². The summed E-state index contributed by atoms with van der Waals surface area (Å²) in [7, 11) is 4.15. The Hall–Kier alpha value is -2.00. The van der Waals surface area contributed by atoms with E-state index >= 15 is 0 Å². The number of nitrogens with zero attached hydrogens (tertiary/aromatic N) is 1. The first-order valence-corrected chi connectivity index (χ1v) is 7.03. The lowest BCUT2D eigenvalue weighted by Gasteiger charge is -2.10. The number of phenols is 1. The maximum atomic E-state index is 10.2. The van der Waals surface area contributed by atoms with Gasteiger partial charge in [0.05, 0.1) is 5.52 Å². The van der Waals surface area contributed by atoms with Crippen LogP contribution in [0.4, 0.5) is 0 Å². The summed E-state index contributed by atoms with van der Waals surface area (Å²) in [6.07, 6.45) is 1.92. The average Bonchev–Trinajstić information content (AvgIpc) is 2.79. The van der Waals surface area contributed by atoms with Crippen molar-refractivity contribution in [3.05, 3.63) is 42.0 Å². The summed E-state index contributed by atoms with van der Waals surface area (Å²) in [5.41, 5.74) is 3.23. The minimum absolute atomic E-state index is 0.391. The fourth-order valence-electron chi connectivity index (χ4n) is 2.79. The van der Waals surface area contributed by atoms with Gasteiger partial charge in [-0.05, 0) is 51.7 Å². The molecule has 0 saturated carbocycles. The van der Waals surface area contributed by atoms with Gasteiger partial charge in [-0.1, -0.05) is 18.2 Å². The zero-order chi connectivity index (χ0) is 14.1. The molecule has 2 N–H and O–H groups in total. The van der Waals surface area contributed by atoms with E-state index in [2.05, 4.69) is 36.1 Å². The SMILES string of the molecule is CN(C)CCCc1c(O)ccc2c1[nH]c1ccccc12. The Balaban J connectivity index is 2.07. The molecule has 3 heteroatoms. The fraction of sp³-hybridized carbons (Fsp3) is 0.294. The van der Waals surface area contributed by atoms with Gasteiger partial charge >= 0.3 is 0 Å². The van der Waals surface area contributed by atoms with Crippen molar-refractivity contribution in [1.82, 2.24) is 9.88 Å². The van der Waals surface area contributed by atoms with Crippen LogP contribution < -0.4 is 0 Å². The second kappa shape index (κ2) is 5.17. The maximum Gasteiger partial charge on any atom is 0.120 e. The number of benzene rings is 2. The molecule has 1 aromatic heterocycles. The summed E-state index contributed by atoms with van der Waals surface area (Å²) < 4.78 is 0. The summed E-state index contributed by atoms with van der Waals surface area (Å²) in [6, 6.07) is 12.1. The molecule has 0 fully saturated rings. The van der Waals surface area contributed by atoms with E-state index in [9.17, 15) is 5.11 Å². The van der Waals surface area contributed by atoms with Crippen molar-refractivity contribution in [2.75, 3.05) is 20.6 Å². The molecular weight excluding hydrogens is 248 g/mol. The van der Waals surface area contributed by atoms with Crippen molar-refractivity contribution < 1.29 is 5.11 Å². The maximum absolute atomic E-state index is 10.2. The minimum atomic E-state index is 0.391. The summed E-state index contributed by atoms with van der Waals surface area (Å²) in [6.45, 7) is 1.02. The van der Waals surface area contributed by atoms with Gasteiger partial charge in [-0.3, -0.25) is 0 Å². The molecule has 0 atom stereocenters. The Morgan fingerprint density at radius 3 is 2.65 bits per heavy atom. The number of nitrogens with one attached hydrogen (secondary N) is 1. The summed E-state index contributed by atoms with van der Waals surface area (Å²) in [4.78, 5) is 5.62. The van der Waals surface area contributed by atoms with E-state index in [0.717, 1.165) is 36.0 Å². The van der Waals surface area contributed by atoms with Crippen molar-refractivity contribution >= 4 is 21.8 Å². The molecule has 0 aliphatic carbocycles. The van der Waals surface area contributed by atoms with Gasteiger partial charge in [0.2, 0.25) is 0 Å². The predicted octanol–water partition coefficient (Wildman–Crippen LogP) is 3.52. The Labute approximate surface area is 118 Å². The summed E-state index contributed by atoms with van der Waals surface area (Å²) >= 11 is 0. The van der Waals surface area contributed by atoms with Crippen LogP contribution in [-0.2, 0) is 6.42 Å². The molecule has 0 aliphatic rings. The van der Waals surface area contributed by atoms with Crippen LogP contribution in [0, 0.1) is 0 Å². The van der Waals surface area contributed by atoms with Crippen LogP contribution >= 0.6 is 0 Å². The molecule has 0 bridgehead atoms. The highest BCUT2D eigenvalue weighted by molar-refractivity contribution is 6.08. The zero-order valence-electron chi connectivity index (χ0n) is 12.0. The van der Waals surface area contributed by atoms with E-state index in [4.69, 9.17) is 0 Å². The molecule has 0 saturated heterocycles. The Kier molecular flexibility index (Phi) is 3.36. The molecule has 1 heterocycles. The molecule has 0 radical (unpaired) electrons. The zero-order valence-corrected chi connectivity index (χ0v) is 12.0. The fourth-order valence-corrected chi connectivity index (χ4v) is 2.79. The first-order chi connectivity index (χ1) is 9.66. The second-order valence-electron chi connectivity index (χ2n) is 5.56. The van der Waals surface area contributed by atoms with Crippen LogP contribution in [0.15, 0.2) is 36.4 Å². The molecule has 20 heavy (non-hydrogen) atoms. The van der Waals surface area contributed by atoms with Crippen molar-refractivity contribution in [2.24, 2.45) is 0 Å². The number of aromatic hydroxyl groups is 1. The highest BCUT2D eigenvalue weighted by atomic mass is 16.3. The van der Waals surface area contributed by atoms with Gasteiger partial charge in [-0.25, -0.2) is 0 Å². The topological polar surface area (TPSA) is 39.3 Å².